The Balaban J connectivity index is 1.41. The second-order valence-electron chi connectivity index (χ2n) is 7.46. The maximum absolute atomic E-state index is 12.7. The van der Waals surface area contributed by atoms with Gasteiger partial charge in [0.25, 0.3) is 17.4 Å². The lowest BCUT2D eigenvalue weighted by Gasteiger charge is -2.53. The minimum absolute atomic E-state index is 0.0673. The van der Waals surface area contributed by atoms with Crippen LogP contribution >= 0.6 is 0 Å². The second kappa shape index (κ2) is 6.64. The molecule has 2 fully saturated rings. The summed E-state index contributed by atoms with van der Waals surface area (Å²) in [6.45, 7) is 5.49. The van der Waals surface area contributed by atoms with E-state index in [1.54, 1.807) is 11.8 Å². The molecule has 0 saturated carbocycles. The number of nitrogens with zero attached hydrogens (tertiary/aromatic N) is 3. The molecule has 0 bridgehead atoms. The summed E-state index contributed by atoms with van der Waals surface area (Å²) in [5, 5.41) is 6.24. The molecule has 3 heterocycles. The van der Waals surface area contributed by atoms with E-state index in [1.165, 1.54) is 6.07 Å². The molecule has 0 unspecified atom stereocenters. The molecule has 2 saturated heterocycles. The van der Waals surface area contributed by atoms with Crippen molar-refractivity contribution in [1.82, 2.24) is 20.0 Å². The lowest BCUT2D eigenvalue weighted by molar-refractivity contribution is -0.0227. The molecule has 0 spiro atoms. The van der Waals surface area contributed by atoms with Gasteiger partial charge < -0.3 is 9.80 Å². The highest BCUT2D eigenvalue weighted by molar-refractivity contribution is 5.95. The summed E-state index contributed by atoms with van der Waals surface area (Å²) in [6, 6.07) is 9.37. The van der Waals surface area contributed by atoms with Crippen molar-refractivity contribution in [3.05, 3.63) is 63.1 Å². The van der Waals surface area contributed by atoms with Crippen LogP contribution < -0.4 is 5.56 Å². The normalized spacial score (nSPS) is 21.4. The van der Waals surface area contributed by atoms with Gasteiger partial charge in [-0.05, 0) is 38.5 Å². The van der Waals surface area contributed by atoms with Crippen molar-refractivity contribution in [2.24, 2.45) is 5.92 Å². The average Bonchev–Trinajstić information content (AvgIpc) is 2.64. The number of nitrogens with one attached hydrogen (secondary N) is 1. The topological polar surface area (TPSA) is 86.4 Å². The van der Waals surface area contributed by atoms with Crippen molar-refractivity contribution in [3.63, 3.8) is 0 Å². The molecule has 0 radical (unpaired) electrons. The Morgan fingerprint density at radius 3 is 2.67 bits per heavy atom. The molecule has 2 amide bonds. The first kappa shape index (κ1) is 17.5. The lowest BCUT2D eigenvalue weighted by atomic mass is 9.82. The first-order valence-corrected chi connectivity index (χ1v) is 9.17. The third kappa shape index (κ3) is 3.13. The predicted molar refractivity (Wildman–Crippen MR) is 99.6 cm³/mol. The monoisotopic (exact) mass is 366 g/mol. The first-order valence-electron chi connectivity index (χ1n) is 9.17. The number of hydrogen-bond donors (Lipinski definition) is 1. The van der Waals surface area contributed by atoms with Gasteiger partial charge >= 0.3 is 0 Å². The maximum Gasteiger partial charge on any atom is 0.274 e. The fourth-order valence-electron chi connectivity index (χ4n) is 4.00. The molecule has 27 heavy (non-hydrogen) atoms. The standard InChI is InChI=1S/C20H22N4O3/c1-12-4-3-5-14(8-12)19(26)24-11-15-10-23(7-6-17(15)24)20(27)16-9-13(2)18(25)22-21-16/h3-5,8-9,15,17H,6-7,10-11H2,1-2H3,(H,22,25)/t15-,17-/m0/s1. The number of likely N-dealkylation sites (tertiary alicyclic amines) is 2. The van der Waals surface area contributed by atoms with E-state index in [0.717, 1.165) is 17.5 Å². The van der Waals surface area contributed by atoms with E-state index in [0.29, 0.717) is 31.1 Å². The van der Waals surface area contributed by atoms with Crippen molar-refractivity contribution < 1.29 is 9.59 Å². The molecular formula is C20H22N4O3. The van der Waals surface area contributed by atoms with E-state index in [1.807, 2.05) is 36.1 Å². The Morgan fingerprint density at radius 2 is 1.96 bits per heavy atom. The number of aromatic amines is 1. The Hall–Kier alpha value is -2.96. The van der Waals surface area contributed by atoms with E-state index in [9.17, 15) is 14.4 Å². The van der Waals surface area contributed by atoms with Crippen molar-refractivity contribution in [2.45, 2.75) is 26.3 Å². The van der Waals surface area contributed by atoms with Crippen LogP contribution in [0.5, 0.6) is 0 Å². The summed E-state index contributed by atoms with van der Waals surface area (Å²) in [5.41, 5.74) is 2.25. The SMILES string of the molecule is Cc1cccc(C(=O)N2C[C@@H]3CN(C(=O)c4cc(C)c(=O)[nH]n4)CC[C@@H]32)c1. The number of fused-ring (bicyclic) bond motifs is 1. The van der Waals surface area contributed by atoms with Gasteiger partial charge in [-0.1, -0.05) is 17.7 Å². The van der Waals surface area contributed by atoms with Crippen LogP contribution in [0.4, 0.5) is 0 Å². The number of H-pyrrole nitrogens is 1. The molecule has 4 rings (SSSR count). The zero-order chi connectivity index (χ0) is 19.1. The minimum Gasteiger partial charge on any atom is -0.337 e. The Kier molecular flexibility index (Phi) is 4.30. The molecule has 2 aromatic rings. The Morgan fingerprint density at radius 1 is 1.15 bits per heavy atom. The van der Waals surface area contributed by atoms with E-state index < -0.39 is 0 Å². The number of carbonyl (C=O) groups excluding carboxylic acids is 2. The van der Waals surface area contributed by atoms with Crippen molar-refractivity contribution in [1.29, 1.82) is 0 Å². The number of piperidine rings is 1. The maximum atomic E-state index is 12.7. The summed E-state index contributed by atoms with van der Waals surface area (Å²) in [5.74, 6) is 0.189. The van der Waals surface area contributed by atoms with E-state index in [2.05, 4.69) is 10.2 Å². The summed E-state index contributed by atoms with van der Waals surface area (Å²) in [7, 11) is 0. The van der Waals surface area contributed by atoms with Gasteiger partial charge in [0.15, 0.2) is 0 Å². The molecule has 0 aliphatic carbocycles. The van der Waals surface area contributed by atoms with E-state index >= 15 is 0 Å². The van der Waals surface area contributed by atoms with Gasteiger partial charge in [-0.15, -0.1) is 0 Å². The average molecular weight is 366 g/mol. The highest BCUT2D eigenvalue weighted by Gasteiger charge is 2.46. The molecule has 140 valence electrons. The van der Waals surface area contributed by atoms with E-state index in [-0.39, 0.29) is 29.1 Å². The lowest BCUT2D eigenvalue weighted by Crippen LogP contribution is -2.65. The molecule has 2 aliphatic heterocycles. The Bertz CT molecular complexity index is 968. The Labute approximate surface area is 157 Å². The highest BCUT2D eigenvalue weighted by atomic mass is 16.2. The van der Waals surface area contributed by atoms with Crippen LogP contribution in [0.2, 0.25) is 0 Å². The van der Waals surface area contributed by atoms with Gasteiger partial charge in [0.2, 0.25) is 0 Å². The van der Waals surface area contributed by atoms with Crippen LogP contribution in [0, 0.1) is 19.8 Å². The van der Waals surface area contributed by atoms with Crippen LogP contribution in [0.15, 0.2) is 35.1 Å². The summed E-state index contributed by atoms with van der Waals surface area (Å²) in [4.78, 5) is 40.5. The minimum atomic E-state index is -0.283. The van der Waals surface area contributed by atoms with Gasteiger partial charge in [0, 0.05) is 42.7 Å². The predicted octanol–water partition coefficient (Wildman–Crippen LogP) is 1.37. The van der Waals surface area contributed by atoms with Crippen LogP contribution in [-0.4, -0.2) is 57.5 Å². The molecule has 1 N–H and O–H groups in total. The van der Waals surface area contributed by atoms with Crippen LogP contribution in [0.1, 0.15) is 38.4 Å². The van der Waals surface area contributed by atoms with Gasteiger partial charge in [-0.25, -0.2) is 5.10 Å². The highest BCUT2D eigenvalue weighted by Crippen LogP contribution is 2.34. The largest absolute Gasteiger partial charge is 0.337 e. The third-order valence-electron chi connectivity index (χ3n) is 5.55. The summed E-state index contributed by atoms with van der Waals surface area (Å²) in [6.07, 6.45) is 0.760. The molecule has 2 atom stereocenters. The first-order chi connectivity index (χ1) is 12.9. The van der Waals surface area contributed by atoms with Crippen LogP contribution in [0.3, 0.4) is 0 Å². The molecule has 7 heteroatoms. The van der Waals surface area contributed by atoms with Crippen molar-refractivity contribution in [3.8, 4) is 0 Å². The molecular weight excluding hydrogens is 344 g/mol. The van der Waals surface area contributed by atoms with Gasteiger partial charge in [0.05, 0.1) is 0 Å². The van der Waals surface area contributed by atoms with E-state index in [4.69, 9.17) is 0 Å². The zero-order valence-corrected chi connectivity index (χ0v) is 15.4. The fourth-order valence-corrected chi connectivity index (χ4v) is 4.00. The van der Waals surface area contributed by atoms with Crippen molar-refractivity contribution in [2.75, 3.05) is 19.6 Å². The summed E-state index contributed by atoms with van der Waals surface area (Å²) >= 11 is 0. The second-order valence-corrected chi connectivity index (χ2v) is 7.46. The molecule has 1 aromatic carbocycles. The molecule has 2 aliphatic rings. The quantitative estimate of drug-likeness (QED) is 0.870. The number of aromatic nitrogens is 2. The van der Waals surface area contributed by atoms with Crippen molar-refractivity contribution >= 4 is 11.8 Å². The third-order valence-corrected chi connectivity index (χ3v) is 5.55. The number of benzene rings is 1. The van der Waals surface area contributed by atoms with Crippen LogP contribution in [-0.2, 0) is 0 Å². The molecule has 1 aromatic heterocycles. The zero-order valence-electron chi connectivity index (χ0n) is 15.4. The van der Waals surface area contributed by atoms with Gasteiger partial charge in [-0.2, -0.15) is 5.10 Å². The summed E-state index contributed by atoms with van der Waals surface area (Å²) < 4.78 is 0. The van der Waals surface area contributed by atoms with Gasteiger partial charge in [0.1, 0.15) is 5.69 Å². The molecule has 7 nitrogen and oxygen atoms in total. The fraction of sp³-hybridized carbons (Fsp3) is 0.400. The number of aryl methyl sites for hydroxylation is 2. The number of rotatable bonds is 2. The number of amides is 2. The number of hydrogen-bond acceptors (Lipinski definition) is 4. The smallest absolute Gasteiger partial charge is 0.274 e. The van der Waals surface area contributed by atoms with Crippen LogP contribution in [0.25, 0.3) is 0 Å². The number of carbonyl (C=O) groups is 2. The van der Waals surface area contributed by atoms with Gasteiger partial charge in [-0.3, -0.25) is 14.4 Å².